The molecular formula is C15H10BrF3N6O. The van der Waals surface area contributed by atoms with Gasteiger partial charge < -0.3 is 10.6 Å². The summed E-state index contributed by atoms with van der Waals surface area (Å²) in [4.78, 5) is 12.2. The molecule has 0 aliphatic rings. The number of halogens is 4. The number of hydrogen-bond donors (Lipinski definition) is 3. The normalized spacial score (nSPS) is 11.2. The van der Waals surface area contributed by atoms with Gasteiger partial charge in [-0.15, -0.1) is 10.2 Å². The third-order valence-corrected chi connectivity index (χ3v) is 3.79. The molecule has 2 amide bonds. The van der Waals surface area contributed by atoms with Gasteiger partial charge in [-0.2, -0.15) is 18.4 Å². The molecule has 0 fully saturated rings. The van der Waals surface area contributed by atoms with Gasteiger partial charge in [-0.25, -0.2) is 4.79 Å². The molecule has 3 N–H and O–H groups in total. The van der Waals surface area contributed by atoms with Gasteiger partial charge in [0, 0.05) is 10.0 Å². The molecule has 0 atom stereocenters. The fraction of sp³-hybridized carbons (Fsp3) is 0.0667. The summed E-state index contributed by atoms with van der Waals surface area (Å²) >= 11 is 3.29. The van der Waals surface area contributed by atoms with E-state index in [1.807, 2.05) is 0 Å². The second-order valence-corrected chi connectivity index (χ2v) is 5.96. The van der Waals surface area contributed by atoms with Crippen molar-refractivity contribution in [2.24, 2.45) is 0 Å². The summed E-state index contributed by atoms with van der Waals surface area (Å²) in [6.07, 6.45) is -4.59. The lowest BCUT2D eigenvalue weighted by atomic mass is 10.1. The molecule has 3 rings (SSSR count). The van der Waals surface area contributed by atoms with Crippen LogP contribution in [0.3, 0.4) is 0 Å². The van der Waals surface area contributed by atoms with E-state index in [4.69, 9.17) is 0 Å². The van der Waals surface area contributed by atoms with Gasteiger partial charge in [-0.05, 0) is 35.5 Å². The van der Waals surface area contributed by atoms with Crippen LogP contribution in [0.1, 0.15) is 5.56 Å². The van der Waals surface area contributed by atoms with Gasteiger partial charge in [0.2, 0.25) is 5.82 Å². The van der Waals surface area contributed by atoms with E-state index in [1.54, 1.807) is 18.2 Å². The number of anilines is 2. The largest absolute Gasteiger partial charge is 0.418 e. The Labute approximate surface area is 153 Å². The van der Waals surface area contributed by atoms with E-state index < -0.39 is 17.8 Å². The van der Waals surface area contributed by atoms with Crippen LogP contribution in [0.2, 0.25) is 0 Å². The van der Waals surface area contributed by atoms with Crippen LogP contribution < -0.4 is 10.6 Å². The fourth-order valence-corrected chi connectivity index (χ4v) is 2.56. The molecule has 0 aliphatic carbocycles. The number of para-hydroxylation sites is 1. The first-order valence-corrected chi connectivity index (χ1v) is 7.91. The molecule has 1 heterocycles. The van der Waals surface area contributed by atoms with Crippen LogP contribution in [0.4, 0.5) is 29.3 Å². The third kappa shape index (κ3) is 3.99. The molecule has 0 unspecified atom stereocenters. The third-order valence-electron chi connectivity index (χ3n) is 3.30. The van der Waals surface area contributed by atoms with Crippen LogP contribution in [0, 0.1) is 0 Å². The van der Waals surface area contributed by atoms with Crippen molar-refractivity contribution in [2.45, 2.75) is 6.18 Å². The zero-order valence-corrected chi connectivity index (χ0v) is 14.4. The van der Waals surface area contributed by atoms with E-state index in [1.165, 1.54) is 18.2 Å². The van der Waals surface area contributed by atoms with Crippen LogP contribution in [-0.2, 0) is 6.18 Å². The first-order valence-electron chi connectivity index (χ1n) is 7.12. The van der Waals surface area contributed by atoms with E-state index in [-0.39, 0.29) is 11.5 Å². The Bertz CT molecular complexity index is 929. The van der Waals surface area contributed by atoms with Crippen LogP contribution in [0.25, 0.3) is 11.4 Å². The zero-order chi connectivity index (χ0) is 18.7. The molecule has 0 spiro atoms. The quantitative estimate of drug-likeness (QED) is 0.581. The average Bonchev–Trinajstić information content (AvgIpc) is 3.10. The molecule has 0 saturated carbocycles. The van der Waals surface area contributed by atoms with Gasteiger partial charge in [0.25, 0.3) is 0 Å². The highest BCUT2D eigenvalue weighted by atomic mass is 79.9. The van der Waals surface area contributed by atoms with Crippen LogP contribution in [0.15, 0.2) is 46.9 Å². The molecule has 1 aromatic heterocycles. The number of tetrazole rings is 1. The van der Waals surface area contributed by atoms with Crippen molar-refractivity contribution in [1.82, 2.24) is 20.6 Å². The lowest BCUT2D eigenvalue weighted by molar-refractivity contribution is -0.136. The number of aromatic amines is 1. The van der Waals surface area contributed by atoms with Gasteiger partial charge in [0.1, 0.15) is 0 Å². The summed E-state index contributed by atoms with van der Waals surface area (Å²) in [6, 6.07) is 8.72. The summed E-state index contributed by atoms with van der Waals surface area (Å²) in [5.41, 5.74) is -0.552. The van der Waals surface area contributed by atoms with E-state index in [2.05, 4.69) is 47.2 Å². The molecule has 11 heteroatoms. The van der Waals surface area contributed by atoms with Gasteiger partial charge in [0.05, 0.1) is 16.9 Å². The molecule has 0 aliphatic heterocycles. The highest BCUT2D eigenvalue weighted by molar-refractivity contribution is 9.10. The Kier molecular flexibility index (Phi) is 4.89. The Morgan fingerprint density at radius 1 is 1.08 bits per heavy atom. The van der Waals surface area contributed by atoms with Gasteiger partial charge >= 0.3 is 12.2 Å². The molecule has 0 saturated heterocycles. The number of nitrogens with one attached hydrogen (secondary N) is 3. The predicted octanol–water partition coefficient (Wildman–Crippen LogP) is 4.29. The lowest BCUT2D eigenvalue weighted by Crippen LogP contribution is -2.22. The van der Waals surface area contributed by atoms with E-state index in [0.29, 0.717) is 15.7 Å². The maximum absolute atomic E-state index is 13.0. The first kappa shape index (κ1) is 17.9. The standard InChI is InChI=1S/C15H10BrF3N6O/c16-8-5-6-11(9(7-8)13-22-24-25-23-13)20-14(26)21-12-4-2-1-3-10(12)15(17,18)19/h1-7H,(H2,20,21,26)(H,22,23,24,25). The van der Waals surface area contributed by atoms with Crippen molar-refractivity contribution in [3.63, 3.8) is 0 Å². The maximum atomic E-state index is 13.0. The highest BCUT2D eigenvalue weighted by Crippen LogP contribution is 2.35. The van der Waals surface area contributed by atoms with Crippen LogP contribution in [0.5, 0.6) is 0 Å². The number of rotatable bonds is 3. The number of urea groups is 1. The summed E-state index contributed by atoms with van der Waals surface area (Å²) in [7, 11) is 0. The molecule has 2 aromatic carbocycles. The summed E-state index contributed by atoms with van der Waals surface area (Å²) in [5, 5.41) is 18.1. The molecule has 134 valence electrons. The Hall–Kier alpha value is -2.95. The Morgan fingerprint density at radius 3 is 2.50 bits per heavy atom. The van der Waals surface area contributed by atoms with Gasteiger partial charge in [0.15, 0.2) is 0 Å². The number of hydrogen-bond acceptors (Lipinski definition) is 4. The van der Waals surface area contributed by atoms with Crippen LogP contribution in [-0.4, -0.2) is 26.7 Å². The Morgan fingerprint density at radius 2 is 1.81 bits per heavy atom. The number of H-pyrrole nitrogens is 1. The molecule has 7 nitrogen and oxygen atoms in total. The second-order valence-electron chi connectivity index (χ2n) is 5.05. The molecule has 3 aromatic rings. The average molecular weight is 427 g/mol. The topological polar surface area (TPSA) is 95.6 Å². The zero-order valence-electron chi connectivity index (χ0n) is 12.8. The molecule has 0 bridgehead atoms. The van der Waals surface area contributed by atoms with Crippen molar-refractivity contribution < 1.29 is 18.0 Å². The van der Waals surface area contributed by atoms with Crippen molar-refractivity contribution in [2.75, 3.05) is 10.6 Å². The van der Waals surface area contributed by atoms with E-state index in [9.17, 15) is 18.0 Å². The predicted molar refractivity (Wildman–Crippen MR) is 91.4 cm³/mol. The van der Waals surface area contributed by atoms with Crippen LogP contribution >= 0.6 is 15.9 Å². The number of carbonyl (C=O) groups excluding carboxylic acids is 1. The number of benzene rings is 2. The maximum Gasteiger partial charge on any atom is 0.418 e. The highest BCUT2D eigenvalue weighted by Gasteiger charge is 2.33. The number of carbonyl (C=O) groups is 1. The SMILES string of the molecule is O=C(Nc1ccc(Br)cc1-c1nn[nH]n1)Nc1ccccc1C(F)(F)F. The molecular weight excluding hydrogens is 417 g/mol. The Balaban J connectivity index is 1.85. The van der Waals surface area contributed by atoms with Crippen molar-refractivity contribution >= 4 is 33.3 Å². The number of alkyl halides is 3. The fourth-order valence-electron chi connectivity index (χ4n) is 2.20. The number of nitrogens with zero attached hydrogens (tertiary/aromatic N) is 3. The van der Waals surface area contributed by atoms with Crippen molar-refractivity contribution in [1.29, 1.82) is 0 Å². The number of aromatic nitrogens is 4. The minimum atomic E-state index is -4.59. The second kappa shape index (κ2) is 7.12. The first-order chi connectivity index (χ1) is 12.3. The summed E-state index contributed by atoms with van der Waals surface area (Å²) in [6.45, 7) is 0. The lowest BCUT2D eigenvalue weighted by Gasteiger charge is -2.15. The monoisotopic (exact) mass is 426 g/mol. The minimum Gasteiger partial charge on any atom is -0.307 e. The van der Waals surface area contributed by atoms with E-state index >= 15 is 0 Å². The van der Waals surface area contributed by atoms with E-state index in [0.717, 1.165) is 6.07 Å². The van der Waals surface area contributed by atoms with Crippen molar-refractivity contribution in [3.8, 4) is 11.4 Å². The molecule has 26 heavy (non-hydrogen) atoms. The number of amides is 2. The molecule has 0 radical (unpaired) electrons. The van der Waals surface area contributed by atoms with Crippen molar-refractivity contribution in [3.05, 3.63) is 52.5 Å². The smallest absolute Gasteiger partial charge is 0.307 e. The van der Waals surface area contributed by atoms with Gasteiger partial charge in [-0.3, -0.25) is 0 Å². The summed E-state index contributed by atoms with van der Waals surface area (Å²) in [5.74, 6) is 0.220. The summed E-state index contributed by atoms with van der Waals surface area (Å²) < 4.78 is 39.7. The minimum absolute atomic E-state index is 0.220. The van der Waals surface area contributed by atoms with Gasteiger partial charge in [-0.1, -0.05) is 28.1 Å².